The molecule has 0 amide bonds. The Hall–Kier alpha value is -1.75. The van der Waals surface area contributed by atoms with Crippen LogP contribution in [-0.2, 0) is 0 Å². The second kappa shape index (κ2) is 6.40. The predicted octanol–water partition coefficient (Wildman–Crippen LogP) is 4.32. The Balaban J connectivity index is 1.49. The van der Waals surface area contributed by atoms with E-state index in [-0.39, 0.29) is 6.04 Å². The topological polar surface area (TPSA) is 42.5 Å². The Bertz CT molecular complexity index is 768. The van der Waals surface area contributed by atoms with Crippen LogP contribution < -0.4 is 20.1 Å². The van der Waals surface area contributed by atoms with Crippen LogP contribution in [0.2, 0.25) is 0 Å². The lowest BCUT2D eigenvalue weighted by Gasteiger charge is -2.58. The van der Waals surface area contributed by atoms with Gasteiger partial charge in [0.15, 0.2) is 16.6 Å². The molecule has 1 atom stereocenters. The number of ether oxygens (including phenoxy) is 2. The van der Waals surface area contributed by atoms with Gasteiger partial charge in [0, 0.05) is 11.1 Å². The smallest absolute Gasteiger partial charge is 0.171 e. The number of hydrogen-bond donors (Lipinski definition) is 2. The van der Waals surface area contributed by atoms with Gasteiger partial charge in [0.2, 0.25) is 0 Å². The molecule has 6 rings (SSSR count). The summed E-state index contributed by atoms with van der Waals surface area (Å²) in [5.74, 6) is 4.26. The SMILES string of the molecule is COc1ccc([C@H]2C=C(C34CC5CC(CC(C5)C3)C4)NC(=S)N2)cc1OC. The normalized spacial score (nSPS) is 36.7. The average molecular weight is 385 g/mol. The summed E-state index contributed by atoms with van der Waals surface area (Å²) in [5, 5.41) is 7.72. The van der Waals surface area contributed by atoms with Crippen molar-refractivity contribution >= 4 is 17.3 Å². The monoisotopic (exact) mass is 384 g/mol. The maximum atomic E-state index is 5.61. The van der Waals surface area contributed by atoms with Gasteiger partial charge in [-0.25, -0.2) is 0 Å². The Morgan fingerprint density at radius 2 is 1.59 bits per heavy atom. The summed E-state index contributed by atoms with van der Waals surface area (Å²) in [7, 11) is 3.35. The third-order valence-corrected chi connectivity index (χ3v) is 7.46. The van der Waals surface area contributed by atoms with Gasteiger partial charge >= 0.3 is 0 Å². The first-order valence-electron chi connectivity index (χ1n) is 10.1. The fourth-order valence-corrected chi connectivity index (χ4v) is 6.76. The van der Waals surface area contributed by atoms with Gasteiger partial charge in [0.25, 0.3) is 0 Å². The second-order valence-electron chi connectivity index (χ2n) is 8.97. The lowest BCUT2D eigenvalue weighted by atomic mass is 9.48. The van der Waals surface area contributed by atoms with Gasteiger partial charge in [0.1, 0.15) is 0 Å². The van der Waals surface area contributed by atoms with Gasteiger partial charge in [-0.15, -0.1) is 0 Å². The van der Waals surface area contributed by atoms with Gasteiger partial charge in [0.05, 0.1) is 20.3 Å². The second-order valence-corrected chi connectivity index (χ2v) is 9.38. The van der Waals surface area contributed by atoms with Crippen molar-refractivity contribution in [1.82, 2.24) is 10.6 Å². The summed E-state index contributed by atoms with van der Waals surface area (Å²) in [5.41, 5.74) is 2.83. The van der Waals surface area contributed by atoms with Crippen molar-refractivity contribution in [3.05, 3.63) is 35.5 Å². The molecule has 1 aliphatic heterocycles. The van der Waals surface area contributed by atoms with Crippen LogP contribution in [0, 0.1) is 23.2 Å². The van der Waals surface area contributed by atoms with E-state index in [2.05, 4.69) is 28.8 Å². The summed E-state index contributed by atoms with van der Waals surface area (Å²) < 4.78 is 10.9. The molecule has 1 aromatic rings. The lowest BCUT2D eigenvalue weighted by molar-refractivity contribution is -0.0331. The number of thiocarbonyl (C=S) groups is 1. The first-order valence-corrected chi connectivity index (χ1v) is 10.5. The van der Waals surface area contributed by atoms with E-state index >= 15 is 0 Å². The highest BCUT2D eigenvalue weighted by atomic mass is 32.1. The van der Waals surface area contributed by atoms with Gasteiger partial charge in [-0.3, -0.25) is 0 Å². The third kappa shape index (κ3) is 2.91. The summed E-state index contributed by atoms with van der Waals surface area (Å²) in [6.45, 7) is 0. The Kier molecular flexibility index (Phi) is 4.12. The first kappa shape index (κ1) is 17.4. The van der Waals surface area contributed by atoms with Gasteiger partial charge in [-0.2, -0.15) is 0 Å². The molecule has 4 aliphatic carbocycles. The third-order valence-electron chi connectivity index (χ3n) is 7.24. The summed E-state index contributed by atoms with van der Waals surface area (Å²) in [4.78, 5) is 0. The molecule has 0 radical (unpaired) electrons. The highest BCUT2D eigenvalue weighted by molar-refractivity contribution is 7.80. The molecule has 27 heavy (non-hydrogen) atoms. The molecular weight excluding hydrogens is 356 g/mol. The molecule has 144 valence electrons. The fraction of sp³-hybridized carbons (Fsp3) is 0.591. The largest absolute Gasteiger partial charge is 0.493 e. The standard InChI is InChI=1S/C22H28N2O2S/c1-25-18-4-3-16(8-19(18)26-2)17-9-20(24-21(27)23-17)22-10-13-5-14(11-22)7-15(6-13)12-22/h3-4,8-9,13-15,17H,5-7,10-12H2,1-2H3,(H2,23,24,27)/t13?,14?,15?,17-,22?/m1/s1. The molecule has 0 unspecified atom stereocenters. The maximum absolute atomic E-state index is 5.61. The minimum Gasteiger partial charge on any atom is -0.493 e. The molecule has 0 aromatic heterocycles. The first-order chi connectivity index (χ1) is 13.1. The summed E-state index contributed by atoms with van der Waals surface area (Å²) >= 11 is 5.61. The Morgan fingerprint density at radius 1 is 0.963 bits per heavy atom. The molecule has 4 nitrogen and oxygen atoms in total. The molecule has 5 aliphatic rings. The molecule has 1 heterocycles. The van der Waals surface area contributed by atoms with Crippen LogP contribution >= 0.6 is 12.2 Å². The van der Waals surface area contributed by atoms with Gasteiger partial charge in [-0.05, 0) is 92.3 Å². The molecular formula is C22H28N2O2S. The maximum Gasteiger partial charge on any atom is 0.171 e. The van der Waals surface area contributed by atoms with Crippen LogP contribution in [-0.4, -0.2) is 19.3 Å². The summed E-state index contributed by atoms with van der Waals surface area (Å²) in [6.07, 6.45) is 10.7. The zero-order valence-corrected chi connectivity index (χ0v) is 16.9. The van der Waals surface area contributed by atoms with Crippen LogP contribution in [0.4, 0.5) is 0 Å². The molecule has 1 aromatic carbocycles. The molecule has 0 spiro atoms. The minimum atomic E-state index is 0.0709. The minimum absolute atomic E-state index is 0.0709. The van der Waals surface area contributed by atoms with Crippen molar-refractivity contribution in [2.75, 3.05) is 14.2 Å². The van der Waals surface area contributed by atoms with Gasteiger partial charge in [-0.1, -0.05) is 6.07 Å². The number of methoxy groups -OCH3 is 2. The quantitative estimate of drug-likeness (QED) is 0.757. The van der Waals surface area contributed by atoms with Crippen molar-refractivity contribution in [3.63, 3.8) is 0 Å². The van der Waals surface area contributed by atoms with Crippen molar-refractivity contribution in [1.29, 1.82) is 0 Å². The summed E-state index contributed by atoms with van der Waals surface area (Å²) in [6, 6.07) is 6.19. The van der Waals surface area contributed by atoms with E-state index in [0.717, 1.165) is 39.9 Å². The molecule has 4 fully saturated rings. The highest BCUT2D eigenvalue weighted by Crippen LogP contribution is 2.62. The number of nitrogens with one attached hydrogen (secondary N) is 2. The van der Waals surface area contributed by atoms with E-state index in [4.69, 9.17) is 21.7 Å². The van der Waals surface area contributed by atoms with Crippen molar-refractivity contribution in [3.8, 4) is 11.5 Å². The van der Waals surface area contributed by atoms with Crippen LogP contribution in [0.3, 0.4) is 0 Å². The van der Waals surface area contributed by atoms with Crippen molar-refractivity contribution < 1.29 is 9.47 Å². The van der Waals surface area contributed by atoms with E-state index in [9.17, 15) is 0 Å². The zero-order valence-electron chi connectivity index (χ0n) is 16.1. The highest BCUT2D eigenvalue weighted by Gasteiger charge is 2.53. The Morgan fingerprint density at radius 3 is 2.19 bits per heavy atom. The zero-order chi connectivity index (χ0) is 18.6. The van der Waals surface area contributed by atoms with Crippen LogP contribution in [0.15, 0.2) is 30.0 Å². The number of benzene rings is 1. The van der Waals surface area contributed by atoms with Crippen LogP contribution in [0.5, 0.6) is 11.5 Å². The van der Waals surface area contributed by atoms with E-state index in [1.165, 1.54) is 44.2 Å². The molecule has 4 bridgehead atoms. The average Bonchev–Trinajstić information content (AvgIpc) is 2.66. The van der Waals surface area contributed by atoms with Crippen molar-refractivity contribution in [2.45, 2.75) is 44.6 Å². The number of allylic oxidation sites excluding steroid dienone is 1. The van der Waals surface area contributed by atoms with Crippen LogP contribution in [0.25, 0.3) is 0 Å². The fourth-order valence-electron chi connectivity index (χ4n) is 6.53. The van der Waals surface area contributed by atoms with Gasteiger partial charge < -0.3 is 20.1 Å². The van der Waals surface area contributed by atoms with E-state index < -0.39 is 0 Å². The van der Waals surface area contributed by atoms with E-state index in [1.54, 1.807) is 14.2 Å². The number of hydrogen-bond acceptors (Lipinski definition) is 3. The molecule has 0 saturated heterocycles. The molecule has 2 N–H and O–H groups in total. The van der Waals surface area contributed by atoms with Crippen LogP contribution in [0.1, 0.15) is 50.1 Å². The lowest BCUT2D eigenvalue weighted by Crippen LogP contribution is -2.53. The molecule has 5 heteroatoms. The van der Waals surface area contributed by atoms with E-state index in [0.29, 0.717) is 5.41 Å². The van der Waals surface area contributed by atoms with Crippen molar-refractivity contribution in [2.24, 2.45) is 23.2 Å². The van der Waals surface area contributed by atoms with E-state index in [1.807, 2.05) is 6.07 Å². The molecule has 4 saturated carbocycles. The predicted molar refractivity (Wildman–Crippen MR) is 110 cm³/mol. The number of rotatable bonds is 4. The Labute approximate surface area is 166 Å².